The standard InChI is InChI=1S/C18H18ClNO/c19-12-2-1-3-13-21-18-10-8-17(9-11-18)16-6-4-15(14-20)5-7-16/h4-11H,1-3,12-13H2. The van der Waals surface area contributed by atoms with E-state index in [0.29, 0.717) is 5.56 Å². The SMILES string of the molecule is N#Cc1ccc(-c2ccc(OCCCCCCl)cc2)cc1. The van der Waals surface area contributed by atoms with E-state index in [-0.39, 0.29) is 0 Å². The minimum Gasteiger partial charge on any atom is -0.494 e. The monoisotopic (exact) mass is 299 g/mol. The minimum absolute atomic E-state index is 0.677. The van der Waals surface area contributed by atoms with Crippen molar-refractivity contribution >= 4 is 11.6 Å². The molecule has 0 saturated heterocycles. The molecular formula is C18H18ClNO. The van der Waals surface area contributed by atoms with Crippen molar-refractivity contribution in [3.8, 4) is 22.9 Å². The lowest BCUT2D eigenvalue weighted by Crippen LogP contribution is -1.97. The number of hydrogen-bond acceptors (Lipinski definition) is 2. The second-order valence-electron chi connectivity index (χ2n) is 4.81. The smallest absolute Gasteiger partial charge is 0.119 e. The van der Waals surface area contributed by atoms with Crippen molar-refractivity contribution in [1.82, 2.24) is 0 Å². The maximum Gasteiger partial charge on any atom is 0.119 e. The van der Waals surface area contributed by atoms with Gasteiger partial charge in [-0.15, -0.1) is 11.6 Å². The van der Waals surface area contributed by atoms with Crippen molar-refractivity contribution in [3.05, 3.63) is 54.1 Å². The Morgan fingerprint density at radius 2 is 1.48 bits per heavy atom. The number of nitriles is 1. The molecule has 3 heteroatoms. The molecule has 0 spiro atoms. The highest BCUT2D eigenvalue weighted by atomic mass is 35.5. The first-order chi connectivity index (χ1) is 10.3. The number of alkyl halides is 1. The van der Waals surface area contributed by atoms with Gasteiger partial charge < -0.3 is 4.74 Å². The maximum atomic E-state index is 8.80. The Kier molecular flexibility index (Phi) is 6.12. The van der Waals surface area contributed by atoms with E-state index in [1.807, 2.05) is 48.5 Å². The Morgan fingerprint density at radius 1 is 0.857 bits per heavy atom. The molecule has 2 rings (SSSR count). The Morgan fingerprint density at radius 3 is 2.05 bits per heavy atom. The van der Waals surface area contributed by atoms with Crippen LogP contribution in [0.4, 0.5) is 0 Å². The van der Waals surface area contributed by atoms with Crippen molar-refractivity contribution in [1.29, 1.82) is 5.26 Å². The summed E-state index contributed by atoms with van der Waals surface area (Å²) in [5.74, 6) is 1.61. The van der Waals surface area contributed by atoms with Gasteiger partial charge in [-0.1, -0.05) is 24.3 Å². The van der Waals surface area contributed by atoms with E-state index < -0.39 is 0 Å². The molecule has 108 valence electrons. The van der Waals surface area contributed by atoms with Gasteiger partial charge in [-0.2, -0.15) is 5.26 Å². The Bertz CT molecular complexity index is 584. The zero-order chi connectivity index (χ0) is 14.9. The summed E-state index contributed by atoms with van der Waals surface area (Å²) in [6.07, 6.45) is 3.18. The van der Waals surface area contributed by atoms with Gasteiger partial charge in [-0.05, 0) is 54.7 Å². The number of nitrogens with zero attached hydrogens (tertiary/aromatic N) is 1. The van der Waals surface area contributed by atoms with Gasteiger partial charge in [0, 0.05) is 5.88 Å². The van der Waals surface area contributed by atoms with Gasteiger partial charge in [0.15, 0.2) is 0 Å². The second-order valence-corrected chi connectivity index (χ2v) is 5.19. The second kappa shape index (κ2) is 8.34. The molecule has 0 aliphatic heterocycles. The summed E-state index contributed by atoms with van der Waals surface area (Å²) >= 11 is 5.63. The summed E-state index contributed by atoms with van der Waals surface area (Å²) in [6.45, 7) is 0.729. The Balaban J connectivity index is 1.90. The highest BCUT2D eigenvalue weighted by Crippen LogP contribution is 2.22. The van der Waals surface area contributed by atoms with E-state index in [0.717, 1.165) is 48.6 Å². The zero-order valence-electron chi connectivity index (χ0n) is 11.9. The van der Waals surface area contributed by atoms with Crippen LogP contribution in [-0.4, -0.2) is 12.5 Å². The molecule has 0 aromatic heterocycles. The van der Waals surface area contributed by atoms with E-state index in [1.165, 1.54) is 0 Å². The minimum atomic E-state index is 0.677. The van der Waals surface area contributed by atoms with Crippen LogP contribution < -0.4 is 4.74 Å². The molecule has 0 N–H and O–H groups in total. The molecule has 2 nitrogen and oxygen atoms in total. The van der Waals surface area contributed by atoms with Crippen molar-refractivity contribution in [2.75, 3.05) is 12.5 Å². The van der Waals surface area contributed by atoms with Crippen LogP contribution in [-0.2, 0) is 0 Å². The van der Waals surface area contributed by atoms with Crippen LogP contribution in [0.3, 0.4) is 0 Å². The third kappa shape index (κ3) is 4.81. The highest BCUT2D eigenvalue weighted by molar-refractivity contribution is 6.17. The molecule has 0 saturated carbocycles. The summed E-state index contributed by atoms with van der Waals surface area (Å²) in [4.78, 5) is 0. The van der Waals surface area contributed by atoms with Crippen molar-refractivity contribution in [2.24, 2.45) is 0 Å². The molecule has 0 fully saturated rings. The molecule has 0 aliphatic carbocycles. The third-order valence-electron chi connectivity index (χ3n) is 3.25. The lowest BCUT2D eigenvalue weighted by Gasteiger charge is -2.07. The third-order valence-corrected chi connectivity index (χ3v) is 3.52. The molecule has 0 amide bonds. The molecule has 2 aromatic rings. The van der Waals surface area contributed by atoms with Crippen LogP contribution in [0.5, 0.6) is 5.75 Å². The van der Waals surface area contributed by atoms with Crippen molar-refractivity contribution in [2.45, 2.75) is 19.3 Å². The van der Waals surface area contributed by atoms with Crippen molar-refractivity contribution < 1.29 is 4.74 Å². The lowest BCUT2D eigenvalue weighted by molar-refractivity contribution is 0.306. The number of benzene rings is 2. The predicted octanol–water partition coefficient (Wildman–Crippen LogP) is 5.01. The van der Waals surface area contributed by atoms with Crippen molar-refractivity contribution in [3.63, 3.8) is 0 Å². The highest BCUT2D eigenvalue weighted by Gasteiger charge is 1.99. The summed E-state index contributed by atoms with van der Waals surface area (Å²) in [6, 6.07) is 17.7. The van der Waals surface area contributed by atoms with Gasteiger partial charge in [0.05, 0.1) is 18.2 Å². The predicted molar refractivity (Wildman–Crippen MR) is 86.7 cm³/mol. The molecular weight excluding hydrogens is 282 g/mol. The van der Waals surface area contributed by atoms with Crippen LogP contribution in [0, 0.1) is 11.3 Å². The first-order valence-electron chi connectivity index (χ1n) is 7.13. The van der Waals surface area contributed by atoms with E-state index >= 15 is 0 Å². The summed E-state index contributed by atoms with van der Waals surface area (Å²) in [7, 11) is 0. The van der Waals surface area contributed by atoms with Gasteiger partial charge >= 0.3 is 0 Å². The van der Waals surface area contributed by atoms with Gasteiger partial charge in [-0.25, -0.2) is 0 Å². The molecule has 0 radical (unpaired) electrons. The quantitative estimate of drug-likeness (QED) is 0.531. The number of rotatable bonds is 7. The summed E-state index contributed by atoms with van der Waals surface area (Å²) < 4.78 is 5.69. The van der Waals surface area contributed by atoms with Gasteiger partial charge in [-0.3, -0.25) is 0 Å². The van der Waals surface area contributed by atoms with Crippen LogP contribution in [0.2, 0.25) is 0 Å². The van der Waals surface area contributed by atoms with Gasteiger partial charge in [0.1, 0.15) is 5.75 Å². The molecule has 0 bridgehead atoms. The summed E-state index contributed by atoms with van der Waals surface area (Å²) in [5.41, 5.74) is 2.90. The fraction of sp³-hybridized carbons (Fsp3) is 0.278. The maximum absolute atomic E-state index is 8.80. The zero-order valence-corrected chi connectivity index (χ0v) is 12.6. The number of ether oxygens (including phenoxy) is 1. The van der Waals surface area contributed by atoms with Gasteiger partial charge in [0.25, 0.3) is 0 Å². The fourth-order valence-corrected chi connectivity index (χ4v) is 2.23. The Labute approximate surface area is 130 Å². The van der Waals surface area contributed by atoms with E-state index in [1.54, 1.807) is 0 Å². The number of halogens is 1. The lowest BCUT2D eigenvalue weighted by atomic mass is 10.0. The van der Waals surface area contributed by atoms with E-state index in [9.17, 15) is 0 Å². The number of unbranched alkanes of at least 4 members (excludes halogenated alkanes) is 2. The van der Waals surface area contributed by atoms with Crippen LogP contribution in [0.1, 0.15) is 24.8 Å². The average Bonchev–Trinajstić information content (AvgIpc) is 2.55. The molecule has 2 aromatic carbocycles. The number of hydrogen-bond donors (Lipinski definition) is 0. The average molecular weight is 300 g/mol. The molecule has 21 heavy (non-hydrogen) atoms. The Hall–Kier alpha value is -1.98. The summed E-state index contributed by atoms with van der Waals surface area (Å²) in [5, 5.41) is 8.80. The molecule has 0 atom stereocenters. The van der Waals surface area contributed by atoms with Gasteiger partial charge in [0.2, 0.25) is 0 Å². The largest absolute Gasteiger partial charge is 0.494 e. The van der Waals surface area contributed by atoms with E-state index in [4.69, 9.17) is 21.6 Å². The topological polar surface area (TPSA) is 33.0 Å². The van der Waals surface area contributed by atoms with Crippen LogP contribution in [0.25, 0.3) is 11.1 Å². The van der Waals surface area contributed by atoms with E-state index in [2.05, 4.69) is 6.07 Å². The first-order valence-corrected chi connectivity index (χ1v) is 7.66. The molecule has 0 aliphatic rings. The van der Waals surface area contributed by atoms with Crippen LogP contribution in [0.15, 0.2) is 48.5 Å². The fourth-order valence-electron chi connectivity index (χ4n) is 2.04. The molecule has 0 heterocycles. The first kappa shape index (κ1) is 15.4. The normalized spacial score (nSPS) is 10.1. The van der Waals surface area contributed by atoms with Crippen LogP contribution >= 0.6 is 11.6 Å². The molecule has 0 unspecified atom stereocenters.